The fraction of sp³-hybridized carbons (Fsp3) is 0.214. The maximum Gasteiger partial charge on any atom is 0.303 e. The average molecular weight is 359 g/mol. The molecule has 1 aromatic carbocycles. The van der Waals surface area contributed by atoms with Gasteiger partial charge in [-0.25, -0.2) is 0 Å². The van der Waals surface area contributed by atoms with E-state index in [1.807, 2.05) is 11.4 Å². The number of carbonyl (C=O) groups excluding carboxylic acids is 2. The Morgan fingerprint density at radius 1 is 1.36 bits per heavy atom. The van der Waals surface area contributed by atoms with Crippen molar-refractivity contribution >= 4 is 46.4 Å². The number of nitrogens with zero attached hydrogens (tertiary/aromatic N) is 2. The summed E-state index contributed by atoms with van der Waals surface area (Å²) in [5, 5.41) is 2.91. The number of halogens is 2. The first-order valence-electron chi connectivity index (χ1n) is 6.24. The molecule has 1 aromatic heterocycles. The summed E-state index contributed by atoms with van der Waals surface area (Å²) in [5.41, 5.74) is 0.860. The van der Waals surface area contributed by atoms with Crippen LogP contribution in [0.5, 0.6) is 0 Å². The summed E-state index contributed by atoms with van der Waals surface area (Å²) in [6.45, 7) is 1.33. The molecule has 0 aliphatic heterocycles. The minimum Gasteiger partial charge on any atom is -0.456 e. The maximum absolute atomic E-state index is 11.6. The molecule has 0 fully saturated rings. The number of thiazole rings is 1. The van der Waals surface area contributed by atoms with Gasteiger partial charge in [0.25, 0.3) is 5.91 Å². The lowest BCUT2D eigenvalue weighted by Gasteiger charge is -2.06. The van der Waals surface area contributed by atoms with Crippen molar-refractivity contribution in [3.05, 3.63) is 50.2 Å². The van der Waals surface area contributed by atoms with Gasteiger partial charge in [0.15, 0.2) is 11.4 Å². The van der Waals surface area contributed by atoms with E-state index in [4.69, 9.17) is 23.2 Å². The van der Waals surface area contributed by atoms with Crippen molar-refractivity contribution < 1.29 is 14.3 Å². The van der Waals surface area contributed by atoms with E-state index in [9.17, 15) is 9.59 Å². The molecular formula is C14H12Cl2N2O3S. The SMILES string of the molecule is CC(=O)OCC(=O)N=c1sccn1Cc1ccc(Cl)cc1Cl. The fourth-order valence-electron chi connectivity index (χ4n) is 1.64. The fourth-order valence-corrected chi connectivity index (χ4v) is 2.86. The number of carbonyl (C=O) groups is 2. The highest BCUT2D eigenvalue weighted by atomic mass is 35.5. The summed E-state index contributed by atoms with van der Waals surface area (Å²) in [5.74, 6) is -1.04. The number of hydrogen-bond donors (Lipinski definition) is 0. The molecule has 0 aliphatic carbocycles. The largest absolute Gasteiger partial charge is 0.456 e. The molecule has 0 unspecified atom stereocenters. The molecule has 1 heterocycles. The Bertz CT molecular complexity index is 767. The molecule has 0 saturated carbocycles. The molecule has 1 amide bonds. The molecule has 2 rings (SSSR count). The Morgan fingerprint density at radius 2 is 2.14 bits per heavy atom. The standard InChI is InChI=1S/C14H12Cl2N2O3S/c1-9(19)21-8-13(20)17-14-18(4-5-22-14)7-10-2-3-11(15)6-12(10)16/h2-6H,7-8H2,1H3. The van der Waals surface area contributed by atoms with Crippen LogP contribution in [-0.2, 0) is 20.9 Å². The van der Waals surface area contributed by atoms with Crippen molar-refractivity contribution in [1.82, 2.24) is 4.57 Å². The van der Waals surface area contributed by atoms with Crippen LogP contribution in [0.3, 0.4) is 0 Å². The van der Waals surface area contributed by atoms with E-state index in [2.05, 4.69) is 9.73 Å². The molecule has 0 aliphatic rings. The Kier molecular flexibility index (Phi) is 5.76. The van der Waals surface area contributed by atoms with Crippen LogP contribution >= 0.6 is 34.5 Å². The summed E-state index contributed by atoms with van der Waals surface area (Å²) < 4.78 is 6.40. The second kappa shape index (κ2) is 7.58. The van der Waals surface area contributed by atoms with Crippen molar-refractivity contribution in [2.45, 2.75) is 13.5 Å². The predicted octanol–water partition coefficient (Wildman–Crippen LogP) is 2.90. The third kappa shape index (κ3) is 4.69. The van der Waals surface area contributed by atoms with E-state index < -0.39 is 11.9 Å². The van der Waals surface area contributed by atoms with Crippen molar-refractivity contribution in [2.24, 2.45) is 4.99 Å². The second-order valence-corrected chi connectivity index (χ2v) is 6.05. The molecular weight excluding hydrogens is 347 g/mol. The van der Waals surface area contributed by atoms with E-state index in [1.165, 1.54) is 18.3 Å². The minimum atomic E-state index is -0.520. The van der Waals surface area contributed by atoms with Crippen LogP contribution < -0.4 is 4.80 Å². The number of hydrogen-bond acceptors (Lipinski definition) is 4. The minimum absolute atomic E-state index is 0.366. The first kappa shape index (κ1) is 16.7. The van der Waals surface area contributed by atoms with Gasteiger partial charge in [-0.3, -0.25) is 9.59 Å². The average Bonchev–Trinajstić information content (AvgIpc) is 2.87. The van der Waals surface area contributed by atoms with Crippen LogP contribution in [0.1, 0.15) is 12.5 Å². The highest BCUT2D eigenvalue weighted by molar-refractivity contribution is 7.07. The highest BCUT2D eigenvalue weighted by Gasteiger charge is 2.06. The lowest BCUT2D eigenvalue weighted by molar-refractivity contribution is -0.145. The summed E-state index contributed by atoms with van der Waals surface area (Å²) in [7, 11) is 0. The van der Waals surface area contributed by atoms with Gasteiger partial charge >= 0.3 is 5.97 Å². The smallest absolute Gasteiger partial charge is 0.303 e. The zero-order valence-electron chi connectivity index (χ0n) is 11.6. The number of rotatable bonds is 4. The molecule has 2 aromatic rings. The van der Waals surface area contributed by atoms with Crippen molar-refractivity contribution in [1.29, 1.82) is 0 Å². The van der Waals surface area contributed by atoms with E-state index >= 15 is 0 Å². The molecule has 5 nitrogen and oxygen atoms in total. The van der Waals surface area contributed by atoms with Gasteiger partial charge in [0, 0.05) is 28.5 Å². The molecule has 0 N–H and O–H groups in total. The monoisotopic (exact) mass is 358 g/mol. The van der Waals surface area contributed by atoms with Gasteiger partial charge in [0.1, 0.15) is 0 Å². The lowest BCUT2D eigenvalue weighted by Crippen LogP contribution is -2.19. The van der Waals surface area contributed by atoms with E-state index in [-0.39, 0.29) is 6.61 Å². The number of benzene rings is 1. The number of aromatic nitrogens is 1. The zero-order chi connectivity index (χ0) is 16.1. The van der Waals surface area contributed by atoms with Crippen LogP contribution in [0.2, 0.25) is 10.0 Å². The van der Waals surface area contributed by atoms with Gasteiger partial charge in [0.2, 0.25) is 0 Å². The normalized spacial score (nSPS) is 11.5. The predicted molar refractivity (Wildman–Crippen MR) is 85.1 cm³/mol. The molecule has 8 heteroatoms. The van der Waals surface area contributed by atoms with Crippen molar-refractivity contribution in [3.63, 3.8) is 0 Å². The van der Waals surface area contributed by atoms with E-state index in [0.717, 1.165) is 5.56 Å². The van der Waals surface area contributed by atoms with Crippen molar-refractivity contribution in [2.75, 3.05) is 6.61 Å². The molecule has 0 spiro atoms. The maximum atomic E-state index is 11.6. The Labute approximate surface area is 140 Å². The van der Waals surface area contributed by atoms with Gasteiger partial charge in [-0.2, -0.15) is 4.99 Å². The topological polar surface area (TPSA) is 60.7 Å². The summed E-state index contributed by atoms with van der Waals surface area (Å²) in [4.78, 5) is 26.8. The Morgan fingerprint density at radius 3 is 2.82 bits per heavy atom. The van der Waals surface area contributed by atoms with Crippen LogP contribution in [0, 0.1) is 0 Å². The number of ether oxygens (including phenoxy) is 1. The first-order chi connectivity index (χ1) is 10.5. The molecule has 0 atom stereocenters. The molecule has 0 saturated heterocycles. The quantitative estimate of drug-likeness (QED) is 0.789. The Balaban J connectivity index is 2.18. The lowest BCUT2D eigenvalue weighted by atomic mass is 10.2. The number of amides is 1. The molecule has 22 heavy (non-hydrogen) atoms. The third-order valence-electron chi connectivity index (χ3n) is 2.64. The van der Waals surface area contributed by atoms with Gasteiger partial charge in [-0.15, -0.1) is 11.3 Å². The van der Waals surface area contributed by atoms with Crippen LogP contribution in [0.25, 0.3) is 0 Å². The molecule has 0 bridgehead atoms. The van der Waals surface area contributed by atoms with Gasteiger partial charge in [0.05, 0.1) is 6.54 Å². The summed E-state index contributed by atoms with van der Waals surface area (Å²) >= 11 is 13.3. The second-order valence-electron chi connectivity index (χ2n) is 4.34. The Hall–Kier alpha value is -1.63. The molecule has 116 valence electrons. The number of esters is 1. The molecule has 0 radical (unpaired) electrons. The summed E-state index contributed by atoms with van der Waals surface area (Å²) in [6, 6.07) is 5.23. The zero-order valence-corrected chi connectivity index (χ0v) is 13.9. The third-order valence-corrected chi connectivity index (χ3v) is 4.02. The summed E-state index contributed by atoms with van der Waals surface area (Å²) in [6.07, 6.45) is 1.80. The van der Waals surface area contributed by atoms with Gasteiger partial charge < -0.3 is 9.30 Å². The first-order valence-corrected chi connectivity index (χ1v) is 7.88. The highest BCUT2D eigenvalue weighted by Crippen LogP contribution is 2.21. The van der Waals surface area contributed by atoms with Crippen LogP contribution in [-0.4, -0.2) is 23.1 Å². The van der Waals surface area contributed by atoms with Gasteiger partial charge in [-0.1, -0.05) is 29.3 Å². The van der Waals surface area contributed by atoms with E-state index in [1.54, 1.807) is 22.9 Å². The van der Waals surface area contributed by atoms with Gasteiger partial charge in [-0.05, 0) is 17.7 Å². The van der Waals surface area contributed by atoms with E-state index in [0.29, 0.717) is 21.4 Å². The van der Waals surface area contributed by atoms with Crippen LogP contribution in [0.4, 0.5) is 0 Å². The van der Waals surface area contributed by atoms with Crippen LogP contribution in [0.15, 0.2) is 34.8 Å². The van der Waals surface area contributed by atoms with Crippen molar-refractivity contribution in [3.8, 4) is 0 Å².